The summed E-state index contributed by atoms with van der Waals surface area (Å²) in [7, 11) is 0. The van der Waals surface area contributed by atoms with E-state index in [2.05, 4.69) is 4.90 Å². The molecule has 1 fully saturated rings. The molecule has 4 heteroatoms. The summed E-state index contributed by atoms with van der Waals surface area (Å²) < 4.78 is 5.39. The molecule has 0 aliphatic carbocycles. The molecule has 0 spiro atoms. The van der Waals surface area contributed by atoms with E-state index in [1.54, 1.807) is 0 Å². The van der Waals surface area contributed by atoms with Gasteiger partial charge in [0.15, 0.2) is 0 Å². The lowest BCUT2D eigenvalue weighted by molar-refractivity contribution is -0.126. The quantitative estimate of drug-likeness (QED) is 0.673. The van der Waals surface area contributed by atoms with E-state index in [1.165, 1.54) is 0 Å². The van der Waals surface area contributed by atoms with Gasteiger partial charge < -0.3 is 10.5 Å². The molecule has 1 heterocycles. The molecule has 4 nitrogen and oxygen atoms in total. The second kappa shape index (κ2) is 4.58. The van der Waals surface area contributed by atoms with Gasteiger partial charge in [-0.2, -0.15) is 0 Å². The van der Waals surface area contributed by atoms with E-state index < -0.39 is 0 Å². The molecule has 1 rings (SSSR count). The van der Waals surface area contributed by atoms with Crippen molar-refractivity contribution in [2.45, 2.75) is 32.4 Å². The van der Waals surface area contributed by atoms with Crippen molar-refractivity contribution in [2.24, 2.45) is 5.73 Å². The van der Waals surface area contributed by atoms with Crippen molar-refractivity contribution in [3.63, 3.8) is 0 Å². The lowest BCUT2D eigenvalue weighted by Crippen LogP contribution is -2.51. The SMILES string of the molecule is CCC(C(N)=O)N1CCO[C@H](C)C1. The van der Waals surface area contributed by atoms with E-state index in [-0.39, 0.29) is 18.1 Å². The third-order valence-electron chi connectivity index (χ3n) is 2.43. The average molecular weight is 186 g/mol. The van der Waals surface area contributed by atoms with Crippen LogP contribution in [0.3, 0.4) is 0 Å². The highest BCUT2D eigenvalue weighted by atomic mass is 16.5. The molecule has 1 saturated heterocycles. The second-order valence-electron chi connectivity index (χ2n) is 3.50. The number of amides is 1. The third-order valence-corrected chi connectivity index (χ3v) is 2.43. The molecule has 1 unspecified atom stereocenters. The maximum Gasteiger partial charge on any atom is 0.234 e. The minimum atomic E-state index is -0.225. The minimum Gasteiger partial charge on any atom is -0.376 e. The molecule has 1 aliphatic heterocycles. The van der Waals surface area contributed by atoms with Gasteiger partial charge in [-0.1, -0.05) is 6.92 Å². The zero-order chi connectivity index (χ0) is 9.84. The van der Waals surface area contributed by atoms with Crippen molar-refractivity contribution >= 4 is 5.91 Å². The normalized spacial score (nSPS) is 27.1. The zero-order valence-electron chi connectivity index (χ0n) is 8.32. The van der Waals surface area contributed by atoms with E-state index in [1.807, 2.05) is 13.8 Å². The number of hydrogen-bond acceptors (Lipinski definition) is 3. The van der Waals surface area contributed by atoms with Gasteiger partial charge in [-0.15, -0.1) is 0 Å². The fourth-order valence-corrected chi connectivity index (χ4v) is 1.77. The van der Waals surface area contributed by atoms with E-state index in [4.69, 9.17) is 10.5 Å². The molecule has 0 aromatic carbocycles. The van der Waals surface area contributed by atoms with Gasteiger partial charge in [-0.3, -0.25) is 9.69 Å². The Hall–Kier alpha value is -0.610. The van der Waals surface area contributed by atoms with Crippen molar-refractivity contribution in [3.05, 3.63) is 0 Å². The highest BCUT2D eigenvalue weighted by Crippen LogP contribution is 2.10. The molecule has 2 atom stereocenters. The third kappa shape index (κ3) is 2.67. The Labute approximate surface area is 79.0 Å². The van der Waals surface area contributed by atoms with E-state index in [9.17, 15) is 4.79 Å². The minimum absolute atomic E-state index is 0.119. The van der Waals surface area contributed by atoms with Crippen LogP contribution >= 0.6 is 0 Å². The topological polar surface area (TPSA) is 55.6 Å². The maximum absolute atomic E-state index is 11.1. The summed E-state index contributed by atoms with van der Waals surface area (Å²) in [5.41, 5.74) is 5.30. The van der Waals surface area contributed by atoms with Crippen LogP contribution in [-0.2, 0) is 9.53 Å². The van der Waals surface area contributed by atoms with Crippen molar-refractivity contribution < 1.29 is 9.53 Å². The Bertz CT molecular complexity index is 184. The predicted molar refractivity (Wildman–Crippen MR) is 50.3 cm³/mol. The lowest BCUT2D eigenvalue weighted by atomic mass is 10.1. The number of rotatable bonds is 3. The van der Waals surface area contributed by atoms with Gasteiger partial charge in [0.05, 0.1) is 18.8 Å². The van der Waals surface area contributed by atoms with Crippen LogP contribution in [0.1, 0.15) is 20.3 Å². The van der Waals surface area contributed by atoms with Crippen molar-refractivity contribution in [1.82, 2.24) is 4.90 Å². The number of primary amides is 1. The van der Waals surface area contributed by atoms with Gasteiger partial charge in [0.25, 0.3) is 0 Å². The molecule has 0 aromatic heterocycles. The first-order valence-electron chi connectivity index (χ1n) is 4.80. The Kier molecular flexibility index (Phi) is 3.69. The molecule has 0 radical (unpaired) electrons. The molecule has 76 valence electrons. The zero-order valence-corrected chi connectivity index (χ0v) is 8.32. The Balaban J connectivity index is 2.52. The summed E-state index contributed by atoms with van der Waals surface area (Å²) in [4.78, 5) is 13.2. The summed E-state index contributed by atoms with van der Waals surface area (Å²) in [5, 5.41) is 0. The number of morpholine rings is 1. The highest BCUT2D eigenvalue weighted by molar-refractivity contribution is 5.79. The van der Waals surface area contributed by atoms with Gasteiger partial charge in [-0.25, -0.2) is 0 Å². The van der Waals surface area contributed by atoms with Crippen LogP contribution < -0.4 is 5.73 Å². The first-order valence-corrected chi connectivity index (χ1v) is 4.80. The highest BCUT2D eigenvalue weighted by Gasteiger charge is 2.26. The second-order valence-corrected chi connectivity index (χ2v) is 3.50. The van der Waals surface area contributed by atoms with Crippen LogP contribution in [0.15, 0.2) is 0 Å². The first kappa shape index (κ1) is 10.5. The first-order chi connectivity index (χ1) is 6.15. The Morgan fingerprint density at radius 2 is 2.46 bits per heavy atom. The van der Waals surface area contributed by atoms with Gasteiger partial charge >= 0.3 is 0 Å². The number of carbonyl (C=O) groups is 1. The molecule has 13 heavy (non-hydrogen) atoms. The van der Waals surface area contributed by atoms with Crippen molar-refractivity contribution in [1.29, 1.82) is 0 Å². The summed E-state index contributed by atoms with van der Waals surface area (Å²) in [6, 6.07) is -0.119. The Morgan fingerprint density at radius 3 is 2.92 bits per heavy atom. The molecule has 1 aliphatic rings. The van der Waals surface area contributed by atoms with Crippen LogP contribution in [0.4, 0.5) is 0 Å². The molecular weight excluding hydrogens is 168 g/mol. The Morgan fingerprint density at radius 1 is 1.77 bits per heavy atom. The average Bonchev–Trinajstić information content (AvgIpc) is 2.04. The fraction of sp³-hybridized carbons (Fsp3) is 0.889. The lowest BCUT2D eigenvalue weighted by Gasteiger charge is -2.35. The smallest absolute Gasteiger partial charge is 0.234 e. The summed E-state index contributed by atoms with van der Waals surface area (Å²) in [5.74, 6) is -0.225. The number of carbonyl (C=O) groups excluding carboxylic acids is 1. The van der Waals surface area contributed by atoms with Crippen LogP contribution in [0, 0.1) is 0 Å². The van der Waals surface area contributed by atoms with Crippen molar-refractivity contribution in [2.75, 3.05) is 19.7 Å². The van der Waals surface area contributed by atoms with Crippen LogP contribution in [0.25, 0.3) is 0 Å². The molecule has 1 amide bonds. The van der Waals surface area contributed by atoms with Gasteiger partial charge in [0.1, 0.15) is 0 Å². The number of nitrogens with two attached hydrogens (primary N) is 1. The number of ether oxygens (including phenoxy) is 1. The van der Waals surface area contributed by atoms with Gasteiger partial charge in [0.2, 0.25) is 5.91 Å². The van der Waals surface area contributed by atoms with Gasteiger partial charge in [-0.05, 0) is 13.3 Å². The molecule has 0 bridgehead atoms. The monoisotopic (exact) mass is 186 g/mol. The van der Waals surface area contributed by atoms with Crippen LogP contribution in [0.2, 0.25) is 0 Å². The number of hydrogen-bond donors (Lipinski definition) is 1. The number of nitrogens with zero attached hydrogens (tertiary/aromatic N) is 1. The van der Waals surface area contributed by atoms with Gasteiger partial charge in [0, 0.05) is 13.1 Å². The van der Waals surface area contributed by atoms with E-state index in [0.717, 1.165) is 19.5 Å². The molecule has 2 N–H and O–H groups in total. The standard InChI is InChI=1S/C9H18N2O2/c1-3-8(9(10)12)11-4-5-13-7(2)6-11/h7-8H,3-6H2,1-2H3,(H2,10,12)/t7-,8?/m1/s1. The predicted octanol–water partition coefficient (Wildman–Crippen LogP) is -0.0290. The van der Waals surface area contributed by atoms with Crippen LogP contribution in [-0.4, -0.2) is 42.6 Å². The summed E-state index contributed by atoms with van der Waals surface area (Å²) in [6.45, 7) is 6.31. The molecular formula is C9H18N2O2. The van der Waals surface area contributed by atoms with E-state index in [0.29, 0.717) is 6.61 Å². The maximum atomic E-state index is 11.1. The van der Waals surface area contributed by atoms with E-state index >= 15 is 0 Å². The van der Waals surface area contributed by atoms with Crippen LogP contribution in [0.5, 0.6) is 0 Å². The summed E-state index contributed by atoms with van der Waals surface area (Å²) >= 11 is 0. The summed E-state index contributed by atoms with van der Waals surface area (Å²) in [6.07, 6.45) is 0.990. The molecule has 0 aromatic rings. The largest absolute Gasteiger partial charge is 0.376 e. The van der Waals surface area contributed by atoms with Crippen molar-refractivity contribution in [3.8, 4) is 0 Å². The fourth-order valence-electron chi connectivity index (χ4n) is 1.77. The molecule has 0 saturated carbocycles.